The number of carbonyl (C=O) groups excluding carboxylic acids is 1. The van der Waals surface area contributed by atoms with E-state index in [1.165, 1.54) is 0 Å². The third kappa shape index (κ3) is 4.20. The Morgan fingerprint density at radius 1 is 1.50 bits per heavy atom. The minimum atomic E-state index is -0.0521. The molecule has 0 aliphatic carbocycles. The van der Waals surface area contributed by atoms with Crippen LogP contribution in [0.4, 0.5) is 0 Å². The summed E-state index contributed by atoms with van der Waals surface area (Å²) in [5.41, 5.74) is 0.950. The maximum absolute atomic E-state index is 11.7. The highest BCUT2D eigenvalue weighted by atomic mass is 35.5. The van der Waals surface area contributed by atoms with Crippen molar-refractivity contribution in [1.82, 2.24) is 10.6 Å². The second-order valence-electron chi connectivity index (χ2n) is 4.15. The number of hydrogen-bond donors (Lipinski definition) is 2. The Morgan fingerprint density at radius 2 is 2.22 bits per heavy atom. The molecule has 0 spiro atoms. The van der Waals surface area contributed by atoms with Gasteiger partial charge in [0.15, 0.2) is 0 Å². The number of hydrogen-bond acceptors (Lipinski definition) is 3. The zero-order valence-corrected chi connectivity index (χ0v) is 11.7. The minimum Gasteiger partial charge on any atom is -0.495 e. The molecular weight excluding hydrogens is 252 g/mol. The molecule has 2 N–H and O–H groups in total. The number of halogens is 1. The molecule has 0 radical (unpaired) electrons. The van der Waals surface area contributed by atoms with Crippen molar-refractivity contribution < 1.29 is 9.53 Å². The number of ether oxygens (including phenoxy) is 1. The number of benzene rings is 1. The van der Waals surface area contributed by atoms with E-state index in [1.54, 1.807) is 19.2 Å². The Bertz CT molecular complexity index is 410. The van der Waals surface area contributed by atoms with Gasteiger partial charge >= 0.3 is 0 Å². The number of rotatable bonds is 6. The molecule has 0 aliphatic heterocycles. The van der Waals surface area contributed by atoms with Crippen molar-refractivity contribution >= 4 is 17.5 Å². The largest absolute Gasteiger partial charge is 0.495 e. The number of nitrogens with one attached hydrogen (secondary N) is 2. The fraction of sp³-hybridized carbons (Fsp3) is 0.462. The lowest BCUT2D eigenvalue weighted by atomic mass is 10.1. The predicted octanol–water partition coefficient (Wildman–Crippen LogP) is 1.82. The molecule has 0 bridgehead atoms. The van der Waals surface area contributed by atoms with Gasteiger partial charge in [0.25, 0.3) is 0 Å². The molecule has 1 amide bonds. The van der Waals surface area contributed by atoms with Crippen LogP contribution in [-0.4, -0.2) is 26.6 Å². The summed E-state index contributed by atoms with van der Waals surface area (Å²) in [4.78, 5) is 11.7. The van der Waals surface area contributed by atoms with Crippen molar-refractivity contribution in [3.63, 3.8) is 0 Å². The quantitative estimate of drug-likeness (QED) is 0.829. The van der Waals surface area contributed by atoms with Crippen molar-refractivity contribution in [2.45, 2.75) is 13.5 Å². The van der Waals surface area contributed by atoms with Crippen molar-refractivity contribution in [3.8, 4) is 5.75 Å². The lowest BCUT2D eigenvalue weighted by Crippen LogP contribution is -2.33. The second-order valence-corrected chi connectivity index (χ2v) is 4.55. The highest BCUT2D eigenvalue weighted by Crippen LogP contribution is 2.24. The first-order valence-corrected chi connectivity index (χ1v) is 6.21. The molecular formula is C13H19ClN2O2. The van der Waals surface area contributed by atoms with Crippen LogP contribution in [0.15, 0.2) is 18.2 Å². The average molecular weight is 271 g/mol. The Morgan fingerprint density at radius 3 is 2.78 bits per heavy atom. The molecule has 0 fully saturated rings. The highest BCUT2D eigenvalue weighted by Gasteiger charge is 2.11. The maximum atomic E-state index is 11.7. The smallest absolute Gasteiger partial charge is 0.224 e. The fourth-order valence-electron chi connectivity index (χ4n) is 1.58. The van der Waals surface area contributed by atoms with Gasteiger partial charge in [0.1, 0.15) is 5.75 Å². The van der Waals surface area contributed by atoms with Crippen LogP contribution in [0.2, 0.25) is 5.02 Å². The molecule has 100 valence electrons. The van der Waals surface area contributed by atoms with E-state index in [0.29, 0.717) is 23.9 Å². The van der Waals surface area contributed by atoms with E-state index in [-0.39, 0.29) is 11.8 Å². The molecule has 1 rings (SSSR count). The van der Waals surface area contributed by atoms with Gasteiger partial charge in [-0.3, -0.25) is 4.79 Å². The first-order chi connectivity index (χ1) is 8.58. The summed E-state index contributed by atoms with van der Waals surface area (Å²) in [5, 5.41) is 6.39. The first-order valence-electron chi connectivity index (χ1n) is 5.83. The van der Waals surface area contributed by atoms with Gasteiger partial charge in [0, 0.05) is 19.0 Å². The molecule has 1 aromatic carbocycles. The summed E-state index contributed by atoms with van der Waals surface area (Å²) in [5.74, 6) is 0.607. The van der Waals surface area contributed by atoms with E-state index < -0.39 is 0 Å². The van der Waals surface area contributed by atoms with E-state index in [2.05, 4.69) is 10.6 Å². The Kier molecular flexibility index (Phi) is 5.95. The second kappa shape index (κ2) is 7.24. The molecule has 0 heterocycles. The zero-order valence-electron chi connectivity index (χ0n) is 10.9. The lowest BCUT2D eigenvalue weighted by Gasteiger charge is -2.12. The molecule has 0 saturated heterocycles. The Balaban J connectivity index is 2.53. The predicted molar refractivity (Wildman–Crippen MR) is 72.9 cm³/mol. The summed E-state index contributed by atoms with van der Waals surface area (Å²) in [6.07, 6.45) is 0. The molecule has 5 heteroatoms. The first kappa shape index (κ1) is 14.8. The number of methoxy groups -OCH3 is 1. The lowest BCUT2D eigenvalue weighted by molar-refractivity contribution is -0.124. The van der Waals surface area contributed by atoms with Crippen LogP contribution < -0.4 is 15.4 Å². The van der Waals surface area contributed by atoms with Crippen LogP contribution in [-0.2, 0) is 11.3 Å². The van der Waals surface area contributed by atoms with Gasteiger partial charge in [-0.15, -0.1) is 0 Å². The highest BCUT2D eigenvalue weighted by molar-refractivity contribution is 6.32. The molecule has 0 saturated carbocycles. The van der Waals surface area contributed by atoms with E-state index in [1.807, 2.05) is 20.0 Å². The van der Waals surface area contributed by atoms with Crippen molar-refractivity contribution in [2.24, 2.45) is 5.92 Å². The van der Waals surface area contributed by atoms with Crippen molar-refractivity contribution in [3.05, 3.63) is 28.8 Å². The van der Waals surface area contributed by atoms with Gasteiger partial charge < -0.3 is 15.4 Å². The van der Waals surface area contributed by atoms with Gasteiger partial charge in [0.05, 0.1) is 12.1 Å². The van der Waals surface area contributed by atoms with E-state index in [9.17, 15) is 4.79 Å². The zero-order chi connectivity index (χ0) is 13.5. The molecule has 0 aliphatic rings. The summed E-state index contributed by atoms with van der Waals surface area (Å²) in [7, 11) is 3.40. The summed E-state index contributed by atoms with van der Waals surface area (Å²) in [6.45, 7) is 3.01. The standard InChI is InChI=1S/C13H19ClN2O2/c1-9(7-15-2)13(17)16-8-10-4-5-12(18-3)11(14)6-10/h4-6,9,15H,7-8H2,1-3H3,(H,16,17). The van der Waals surface area contributed by atoms with Gasteiger partial charge in [-0.05, 0) is 24.7 Å². The van der Waals surface area contributed by atoms with Crippen molar-refractivity contribution in [1.29, 1.82) is 0 Å². The number of amides is 1. The van der Waals surface area contributed by atoms with Crippen LogP contribution in [0, 0.1) is 5.92 Å². The monoisotopic (exact) mass is 270 g/mol. The molecule has 1 aromatic rings. The van der Waals surface area contributed by atoms with Gasteiger partial charge in [0.2, 0.25) is 5.91 Å². The van der Waals surface area contributed by atoms with Crippen molar-refractivity contribution in [2.75, 3.05) is 20.7 Å². The number of carbonyl (C=O) groups is 1. The van der Waals surface area contributed by atoms with Crippen LogP contribution in [0.3, 0.4) is 0 Å². The SMILES string of the molecule is CNCC(C)C(=O)NCc1ccc(OC)c(Cl)c1. The third-order valence-electron chi connectivity index (χ3n) is 2.64. The molecule has 1 atom stereocenters. The van der Waals surface area contributed by atoms with E-state index >= 15 is 0 Å². The van der Waals surface area contributed by atoms with Gasteiger partial charge in [-0.2, -0.15) is 0 Å². The van der Waals surface area contributed by atoms with Crippen LogP contribution in [0.1, 0.15) is 12.5 Å². The molecule has 18 heavy (non-hydrogen) atoms. The molecule has 1 unspecified atom stereocenters. The average Bonchev–Trinajstić information content (AvgIpc) is 2.36. The third-order valence-corrected chi connectivity index (χ3v) is 2.94. The molecule has 4 nitrogen and oxygen atoms in total. The van der Waals surface area contributed by atoms with Crippen LogP contribution >= 0.6 is 11.6 Å². The van der Waals surface area contributed by atoms with Crippen LogP contribution in [0.5, 0.6) is 5.75 Å². The van der Waals surface area contributed by atoms with E-state index in [0.717, 1.165) is 5.56 Å². The summed E-state index contributed by atoms with van der Waals surface area (Å²) >= 11 is 6.01. The fourth-order valence-corrected chi connectivity index (χ4v) is 1.86. The van der Waals surface area contributed by atoms with Gasteiger partial charge in [-0.25, -0.2) is 0 Å². The Hall–Kier alpha value is -1.26. The topological polar surface area (TPSA) is 50.4 Å². The van der Waals surface area contributed by atoms with Gasteiger partial charge in [-0.1, -0.05) is 24.6 Å². The summed E-state index contributed by atoms with van der Waals surface area (Å²) < 4.78 is 5.07. The maximum Gasteiger partial charge on any atom is 0.224 e. The van der Waals surface area contributed by atoms with Crippen LogP contribution in [0.25, 0.3) is 0 Å². The minimum absolute atomic E-state index is 0.0243. The molecule has 0 aromatic heterocycles. The normalized spacial score (nSPS) is 12.0. The van der Waals surface area contributed by atoms with E-state index in [4.69, 9.17) is 16.3 Å². The summed E-state index contributed by atoms with van der Waals surface area (Å²) in [6, 6.07) is 5.47. The Labute approximate surface area is 113 Å².